The standard InChI is InChI=1S/C29H38F5N5O3/c1-19(2)17-42-25(40)15-20(10-14-38-13-6-11-28(30,31)18-38)36-27(41)23-16-24(39(37-23)21-7-3-4-8-21)26-22(29(32,33)34)9-5-12-35-26/h5,9,12,16,19-21H,3-4,6-8,10-11,13-15,17-18H2,1-2H3,(H,36,41)/t20-/m0/s1. The van der Waals surface area contributed by atoms with Gasteiger partial charge in [-0.3, -0.25) is 24.2 Å². The molecule has 0 unspecified atom stereocenters. The van der Waals surface area contributed by atoms with E-state index in [0.717, 1.165) is 18.9 Å². The van der Waals surface area contributed by atoms with Crippen molar-refractivity contribution in [3.05, 3.63) is 35.7 Å². The van der Waals surface area contributed by atoms with Crippen molar-refractivity contribution < 1.29 is 36.3 Å². The summed E-state index contributed by atoms with van der Waals surface area (Å²) in [6, 6.07) is 2.50. The molecule has 2 fully saturated rings. The molecule has 0 bridgehead atoms. The third-order valence-corrected chi connectivity index (χ3v) is 7.59. The molecule has 2 aromatic heterocycles. The van der Waals surface area contributed by atoms with Crippen molar-refractivity contribution in [1.29, 1.82) is 0 Å². The largest absolute Gasteiger partial charge is 0.465 e. The summed E-state index contributed by atoms with van der Waals surface area (Å²) in [5.41, 5.74) is -1.27. The summed E-state index contributed by atoms with van der Waals surface area (Å²) in [6.45, 7) is 4.27. The number of likely N-dealkylation sites (tertiary alicyclic amines) is 1. The zero-order chi connectivity index (χ0) is 30.5. The fourth-order valence-electron chi connectivity index (χ4n) is 5.53. The number of aromatic nitrogens is 3. The molecule has 4 rings (SSSR count). The highest BCUT2D eigenvalue weighted by Crippen LogP contribution is 2.39. The number of carbonyl (C=O) groups is 2. The van der Waals surface area contributed by atoms with Crippen molar-refractivity contribution in [2.75, 3.05) is 26.2 Å². The first-order valence-electron chi connectivity index (χ1n) is 14.5. The molecule has 8 nitrogen and oxygen atoms in total. The molecule has 0 radical (unpaired) electrons. The highest BCUT2D eigenvalue weighted by atomic mass is 19.4. The van der Waals surface area contributed by atoms with Crippen molar-refractivity contribution in [2.45, 2.75) is 89.4 Å². The average molecular weight is 600 g/mol. The number of piperidine rings is 1. The van der Waals surface area contributed by atoms with Gasteiger partial charge in [0.2, 0.25) is 0 Å². The molecule has 1 atom stereocenters. The smallest absolute Gasteiger partial charge is 0.418 e. The summed E-state index contributed by atoms with van der Waals surface area (Å²) in [6.07, 6.45) is -0.0403. The highest BCUT2D eigenvalue weighted by Gasteiger charge is 2.37. The third-order valence-electron chi connectivity index (χ3n) is 7.59. The van der Waals surface area contributed by atoms with Gasteiger partial charge in [-0.1, -0.05) is 26.7 Å². The number of pyridine rings is 1. The van der Waals surface area contributed by atoms with Crippen LogP contribution in [0.5, 0.6) is 0 Å². The summed E-state index contributed by atoms with van der Waals surface area (Å²) < 4.78 is 76.2. The Morgan fingerprint density at radius 3 is 2.60 bits per heavy atom. The van der Waals surface area contributed by atoms with Gasteiger partial charge in [0.15, 0.2) is 5.69 Å². The zero-order valence-electron chi connectivity index (χ0n) is 23.9. The van der Waals surface area contributed by atoms with Crippen LogP contribution in [0.3, 0.4) is 0 Å². The maximum atomic E-state index is 13.9. The summed E-state index contributed by atoms with van der Waals surface area (Å²) in [5.74, 6) is -3.91. The molecule has 3 heterocycles. The fraction of sp³-hybridized carbons (Fsp3) is 0.655. The van der Waals surface area contributed by atoms with Crippen LogP contribution in [-0.4, -0.2) is 69.7 Å². The summed E-state index contributed by atoms with van der Waals surface area (Å²) >= 11 is 0. The van der Waals surface area contributed by atoms with Gasteiger partial charge in [-0.05, 0) is 56.3 Å². The van der Waals surface area contributed by atoms with E-state index in [4.69, 9.17) is 4.74 Å². The van der Waals surface area contributed by atoms with Crippen molar-refractivity contribution >= 4 is 11.9 Å². The lowest BCUT2D eigenvalue weighted by atomic mass is 10.0. The van der Waals surface area contributed by atoms with Crippen molar-refractivity contribution in [1.82, 2.24) is 25.0 Å². The molecule has 1 aliphatic heterocycles. The monoisotopic (exact) mass is 599 g/mol. The Kier molecular flexibility index (Phi) is 10.2. The lowest BCUT2D eigenvalue weighted by Gasteiger charge is -2.33. The molecule has 1 aliphatic carbocycles. The molecule has 42 heavy (non-hydrogen) atoms. The number of hydrogen-bond acceptors (Lipinski definition) is 6. The minimum atomic E-state index is -4.66. The van der Waals surface area contributed by atoms with Gasteiger partial charge in [-0.2, -0.15) is 18.3 Å². The molecule has 1 amide bonds. The van der Waals surface area contributed by atoms with Gasteiger partial charge in [0.05, 0.1) is 36.9 Å². The summed E-state index contributed by atoms with van der Waals surface area (Å²) in [4.78, 5) is 31.6. The average Bonchev–Trinajstić information content (AvgIpc) is 3.60. The Morgan fingerprint density at radius 1 is 1.19 bits per heavy atom. The van der Waals surface area contributed by atoms with Crippen molar-refractivity contribution in [3.63, 3.8) is 0 Å². The number of rotatable bonds is 11. The van der Waals surface area contributed by atoms with Gasteiger partial charge in [-0.25, -0.2) is 8.78 Å². The first-order valence-corrected chi connectivity index (χ1v) is 14.5. The second-order valence-corrected chi connectivity index (χ2v) is 11.7. The number of ether oxygens (including phenoxy) is 1. The lowest BCUT2D eigenvalue weighted by molar-refractivity contribution is -0.145. The van der Waals surface area contributed by atoms with Gasteiger partial charge in [0.1, 0.15) is 5.69 Å². The van der Waals surface area contributed by atoms with Crippen LogP contribution in [0.25, 0.3) is 11.4 Å². The Morgan fingerprint density at radius 2 is 1.93 bits per heavy atom. The molecule has 2 aromatic rings. The Hall–Kier alpha value is -3.09. The number of halogens is 5. The number of nitrogens with one attached hydrogen (secondary N) is 1. The minimum absolute atomic E-state index is 0.0865. The highest BCUT2D eigenvalue weighted by molar-refractivity contribution is 5.94. The molecule has 0 spiro atoms. The van der Waals surface area contributed by atoms with Crippen LogP contribution in [0, 0.1) is 5.92 Å². The molecule has 2 aliphatic rings. The van der Waals surface area contributed by atoms with Gasteiger partial charge >= 0.3 is 12.1 Å². The number of esters is 1. The first-order chi connectivity index (χ1) is 19.8. The molecule has 1 saturated heterocycles. The number of amides is 1. The predicted octanol–water partition coefficient (Wildman–Crippen LogP) is 5.89. The second kappa shape index (κ2) is 13.5. The molecule has 232 valence electrons. The maximum Gasteiger partial charge on any atom is 0.418 e. The lowest BCUT2D eigenvalue weighted by Crippen LogP contribution is -2.45. The Labute approximate surface area is 242 Å². The fourth-order valence-corrected chi connectivity index (χ4v) is 5.53. The topological polar surface area (TPSA) is 89.4 Å². The molecule has 13 heteroatoms. The summed E-state index contributed by atoms with van der Waals surface area (Å²) in [7, 11) is 0. The van der Waals surface area contributed by atoms with E-state index in [0.29, 0.717) is 25.8 Å². The summed E-state index contributed by atoms with van der Waals surface area (Å²) in [5, 5.41) is 7.19. The van der Waals surface area contributed by atoms with E-state index in [1.165, 1.54) is 23.0 Å². The van der Waals surface area contributed by atoms with Crippen LogP contribution in [0.4, 0.5) is 22.0 Å². The van der Waals surface area contributed by atoms with Gasteiger partial charge in [0.25, 0.3) is 11.8 Å². The van der Waals surface area contributed by atoms with Crippen LogP contribution >= 0.6 is 0 Å². The van der Waals surface area contributed by atoms with Crippen molar-refractivity contribution in [3.8, 4) is 11.4 Å². The molecular weight excluding hydrogens is 561 g/mol. The van der Waals surface area contributed by atoms with E-state index in [9.17, 15) is 31.5 Å². The first kappa shape index (κ1) is 31.8. The number of nitrogens with zero attached hydrogens (tertiary/aromatic N) is 4. The van der Waals surface area contributed by atoms with Crippen LogP contribution in [0.2, 0.25) is 0 Å². The molecule has 1 saturated carbocycles. The van der Waals surface area contributed by atoms with E-state index in [1.54, 1.807) is 4.90 Å². The minimum Gasteiger partial charge on any atom is -0.465 e. The van der Waals surface area contributed by atoms with Gasteiger partial charge in [-0.15, -0.1) is 0 Å². The number of carbonyl (C=O) groups excluding carboxylic acids is 2. The van der Waals surface area contributed by atoms with Crippen molar-refractivity contribution in [2.24, 2.45) is 5.92 Å². The maximum absolute atomic E-state index is 13.9. The van der Waals surface area contributed by atoms with Gasteiger partial charge in [0, 0.05) is 25.2 Å². The van der Waals surface area contributed by atoms with E-state index in [2.05, 4.69) is 15.4 Å². The van der Waals surface area contributed by atoms with Gasteiger partial charge < -0.3 is 10.1 Å². The number of hydrogen-bond donors (Lipinski definition) is 1. The van der Waals surface area contributed by atoms with Crippen LogP contribution < -0.4 is 5.32 Å². The SMILES string of the molecule is CC(C)COC(=O)C[C@H](CCN1CCCC(F)(F)C1)NC(=O)c1cc(-c2ncccc2C(F)(F)F)n(C2CCCC2)n1. The third kappa shape index (κ3) is 8.48. The molecule has 0 aromatic carbocycles. The van der Waals surface area contributed by atoms with E-state index in [1.807, 2.05) is 13.8 Å². The Balaban J connectivity index is 1.57. The molecule has 1 N–H and O–H groups in total. The molecular formula is C29H38F5N5O3. The normalized spacial score (nSPS) is 18.8. The van der Waals surface area contributed by atoms with Crippen LogP contribution in [-0.2, 0) is 15.7 Å². The van der Waals surface area contributed by atoms with E-state index in [-0.39, 0.29) is 61.5 Å². The predicted molar refractivity (Wildman–Crippen MR) is 145 cm³/mol. The van der Waals surface area contributed by atoms with E-state index < -0.39 is 42.1 Å². The van der Waals surface area contributed by atoms with Crippen LogP contribution in [0.15, 0.2) is 24.4 Å². The quantitative estimate of drug-likeness (QED) is 0.256. The second-order valence-electron chi connectivity index (χ2n) is 11.7. The number of alkyl halides is 5. The Bertz CT molecular complexity index is 1230. The van der Waals surface area contributed by atoms with E-state index >= 15 is 0 Å². The van der Waals surface area contributed by atoms with Crippen LogP contribution in [0.1, 0.15) is 87.3 Å². The zero-order valence-corrected chi connectivity index (χ0v) is 23.9.